The van der Waals surface area contributed by atoms with Gasteiger partial charge >= 0.3 is 0 Å². The van der Waals surface area contributed by atoms with Crippen LogP contribution < -0.4 is 9.64 Å². The molecule has 0 radical (unpaired) electrons. The van der Waals surface area contributed by atoms with Crippen LogP contribution in [0.4, 0.5) is 10.2 Å². The van der Waals surface area contributed by atoms with Crippen LogP contribution in [0, 0.1) is 5.82 Å². The van der Waals surface area contributed by atoms with Crippen LogP contribution in [-0.4, -0.2) is 76.1 Å². The molecule has 8 nitrogen and oxygen atoms in total. The van der Waals surface area contributed by atoms with Gasteiger partial charge in [0.25, 0.3) is 5.91 Å². The van der Waals surface area contributed by atoms with E-state index in [1.165, 1.54) is 24.3 Å². The molecule has 2 aliphatic rings. The predicted molar refractivity (Wildman–Crippen MR) is 136 cm³/mol. The molecule has 3 heterocycles. The van der Waals surface area contributed by atoms with E-state index in [2.05, 4.69) is 6.58 Å². The second kappa shape index (κ2) is 9.97. The predicted octanol–water partition coefficient (Wildman–Crippen LogP) is 4.10. The molecule has 0 spiro atoms. The minimum Gasteiger partial charge on any atom is -0.507 e. The van der Waals surface area contributed by atoms with Crippen molar-refractivity contribution in [1.82, 2.24) is 14.8 Å². The maximum absolute atomic E-state index is 14.9. The first-order valence-corrected chi connectivity index (χ1v) is 12.3. The number of aromatic hydroxyl groups is 1. The van der Waals surface area contributed by atoms with Crippen molar-refractivity contribution in [3.05, 3.63) is 47.3 Å². The second-order valence-corrected chi connectivity index (χ2v) is 9.86. The molecule has 0 bridgehead atoms. The van der Waals surface area contributed by atoms with Crippen LogP contribution in [0.1, 0.15) is 38.1 Å². The monoisotopic (exact) mass is 516 g/mol. The minimum absolute atomic E-state index is 0.0107. The van der Waals surface area contributed by atoms with Crippen LogP contribution in [0.25, 0.3) is 11.3 Å². The summed E-state index contributed by atoms with van der Waals surface area (Å²) in [7, 11) is 0. The molecular formula is C26H30ClFN4O4. The summed E-state index contributed by atoms with van der Waals surface area (Å²) >= 11 is 6.75. The summed E-state index contributed by atoms with van der Waals surface area (Å²) < 4.78 is 21.1. The number of hydrogen-bond donors (Lipinski definition) is 1. The highest BCUT2D eigenvalue weighted by molar-refractivity contribution is 6.35. The molecule has 1 N–H and O–H groups in total. The third kappa shape index (κ3) is 4.36. The molecule has 36 heavy (non-hydrogen) atoms. The fourth-order valence-electron chi connectivity index (χ4n) is 4.96. The quantitative estimate of drug-likeness (QED) is 0.602. The summed E-state index contributed by atoms with van der Waals surface area (Å²) in [4.78, 5) is 36.1. The SMILES string of the molecule is C=CC(=O)N1CCN2C(=O)c3c(N(C(C)C)C(C)C)nc(-c4c(O)cccc4F)c(Cl)c3OC[C@H]2C1. The number of nitrogens with zero attached hydrogens (tertiary/aromatic N) is 4. The van der Waals surface area contributed by atoms with E-state index in [0.29, 0.717) is 18.9 Å². The van der Waals surface area contributed by atoms with Crippen molar-refractivity contribution >= 4 is 29.2 Å². The summed E-state index contributed by atoms with van der Waals surface area (Å²) in [6.45, 7) is 12.4. The number of rotatable bonds is 5. The standard InChI is InChI=1S/C26H30ClFN4O4/c1-6-19(34)30-10-11-31-16(12-30)13-36-24-21(26(31)35)25(32(14(2)3)15(4)5)29-23(22(24)27)20-17(28)8-7-9-18(20)33/h6-9,14-16,33H,1,10-13H2,2-5H3/t16-/m1/s1. The molecule has 192 valence electrons. The van der Waals surface area contributed by atoms with Gasteiger partial charge in [0.1, 0.15) is 40.3 Å². The molecule has 2 aliphatic heterocycles. The van der Waals surface area contributed by atoms with E-state index < -0.39 is 11.9 Å². The number of phenols is 1. The molecule has 4 rings (SSSR count). The van der Waals surface area contributed by atoms with Crippen LogP contribution in [0.5, 0.6) is 11.5 Å². The number of pyridine rings is 1. The normalized spacial score (nSPS) is 17.4. The Kier molecular flexibility index (Phi) is 7.13. The third-order valence-electron chi connectivity index (χ3n) is 6.53. The number of ether oxygens (including phenoxy) is 1. The average Bonchev–Trinajstić information content (AvgIpc) is 2.97. The molecule has 2 aromatic rings. The topological polar surface area (TPSA) is 86.2 Å². The number of carbonyl (C=O) groups is 2. The summed E-state index contributed by atoms with van der Waals surface area (Å²) in [5.41, 5.74) is 0.0104. The van der Waals surface area contributed by atoms with E-state index in [1.54, 1.807) is 9.80 Å². The molecule has 1 fully saturated rings. The number of aromatic nitrogens is 1. The van der Waals surface area contributed by atoms with Gasteiger partial charge in [-0.05, 0) is 45.9 Å². The first-order chi connectivity index (χ1) is 17.1. The van der Waals surface area contributed by atoms with E-state index in [9.17, 15) is 19.1 Å². The van der Waals surface area contributed by atoms with Gasteiger partial charge in [0.15, 0.2) is 5.75 Å². The van der Waals surface area contributed by atoms with Crippen molar-refractivity contribution in [2.75, 3.05) is 31.1 Å². The van der Waals surface area contributed by atoms with E-state index in [-0.39, 0.29) is 70.4 Å². The number of fused-ring (bicyclic) bond motifs is 2. The van der Waals surface area contributed by atoms with Crippen molar-refractivity contribution in [3.63, 3.8) is 0 Å². The molecule has 1 saturated heterocycles. The molecule has 0 unspecified atom stereocenters. The summed E-state index contributed by atoms with van der Waals surface area (Å²) in [5, 5.41) is 10.4. The maximum Gasteiger partial charge on any atom is 0.261 e. The highest BCUT2D eigenvalue weighted by Gasteiger charge is 2.41. The molecule has 1 atom stereocenters. The van der Waals surface area contributed by atoms with Gasteiger partial charge in [0.05, 0.1) is 11.6 Å². The number of piperazine rings is 1. The zero-order chi connectivity index (χ0) is 26.3. The van der Waals surface area contributed by atoms with Crippen LogP contribution in [-0.2, 0) is 4.79 Å². The Bertz CT molecular complexity index is 1190. The van der Waals surface area contributed by atoms with Crippen molar-refractivity contribution in [2.24, 2.45) is 0 Å². The molecule has 1 aromatic heterocycles. The number of phenolic OH excluding ortho intramolecular Hbond substituents is 1. The van der Waals surface area contributed by atoms with Gasteiger partial charge in [-0.1, -0.05) is 24.2 Å². The zero-order valence-corrected chi connectivity index (χ0v) is 21.5. The Morgan fingerprint density at radius 1 is 1.28 bits per heavy atom. The van der Waals surface area contributed by atoms with Crippen molar-refractivity contribution in [3.8, 4) is 22.8 Å². The van der Waals surface area contributed by atoms with Crippen LogP contribution in [0.3, 0.4) is 0 Å². The van der Waals surface area contributed by atoms with Gasteiger partial charge in [-0.25, -0.2) is 9.37 Å². The first kappa shape index (κ1) is 25.8. The fourth-order valence-corrected chi connectivity index (χ4v) is 5.25. The Balaban J connectivity index is 1.94. The summed E-state index contributed by atoms with van der Waals surface area (Å²) in [5.74, 6) is -1.18. The fraction of sp³-hybridized carbons (Fsp3) is 0.423. The lowest BCUT2D eigenvalue weighted by Crippen LogP contribution is -2.57. The molecular weight excluding hydrogens is 487 g/mol. The largest absolute Gasteiger partial charge is 0.507 e. The molecule has 2 amide bonds. The van der Waals surface area contributed by atoms with Crippen LogP contribution in [0.2, 0.25) is 5.02 Å². The van der Waals surface area contributed by atoms with Crippen molar-refractivity contribution in [2.45, 2.75) is 45.8 Å². The van der Waals surface area contributed by atoms with Gasteiger partial charge in [-0.15, -0.1) is 0 Å². The zero-order valence-electron chi connectivity index (χ0n) is 20.8. The van der Waals surface area contributed by atoms with E-state index in [4.69, 9.17) is 21.3 Å². The maximum atomic E-state index is 14.9. The Labute approximate surface area is 214 Å². The minimum atomic E-state index is -0.702. The summed E-state index contributed by atoms with van der Waals surface area (Å²) in [6, 6.07) is 3.39. The smallest absolute Gasteiger partial charge is 0.261 e. The van der Waals surface area contributed by atoms with Crippen LogP contribution in [0.15, 0.2) is 30.9 Å². The van der Waals surface area contributed by atoms with Crippen LogP contribution >= 0.6 is 11.6 Å². The van der Waals surface area contributed by atoms with E-state index in [1.807, 2.05) is 32.6 Å². The second-order valence-electron chi connectivity index (χ2n) is 9.48. The van der Waals surface area contributed by atoms with Crippen molar-refractivity contribution < 1.29 is 23.8 Å². The number of anilines is 1. The Hall–Kier alpha value is -3.33. The summed E-state index contributed by atoms with van der Waals surface area (Å²) in [6.07, 6.45) is 1.25. The van der Waals surface area contributed by atoms with Crippen molar-refractivity contribution in [1.29, 1.82) is 0 Å². The number of hydrogen-bond acceptors (Lipinski definition) is 6. The molecule has 0 saturated carbocycles. The number of halogens is 2. The highest BCUT2D eigenvalue weighted by Crippen LogP contribution is 2.46. The lowest BCUT2D eigenvalue weighted by Gasteiger charge is -2.40. The van der Waals surface area contributed by atoms with Gasteiger partial charge in [-0.3, -0.25) is 9.59 Å². The number of benzene rings is 1. The number of carbonyl (C=O) groups excluding carboxylic acids is 2. The van der Waals surface area contributed by atoms with Gasteiger partial charge in [-0.2, -0.15) is 0 Å². The molecule has 0 aliphatic carbocycles. The molecule has 1 aromatic carbocycles. The highest BCUT2D eigenvalue weighted by atomic mass is 35.5. The Morgan fingerprint density at radius 3 is 2.58 bits per heavy atom. The van der Waals surface area contributed by atoms with Gasteiger partial charge in [0.2, 0.25) is 5.91 Å². The van der Waals surface area contributed by atoms with E-state index >= 15 is 0 Å². The van der Waals surface area contributed by atoms with Gasteiger partial charge in [0, 0.05) is 31.7 Å². The molecule has 10 heteroatoms. The number of amides is 2. The lowest BCUT2D eigenvalue weighted by molar-refractivity contribution is -0.128. The first-order valence-electron chi connectivity index (χ1n) is 11.9. The Morgan fingerprint density at radius 2 is 1.97 bits per heavy atom. The third-order valence-corrected chi connectivity index (χ3v) is 6.88. The van der Waals surface area contributed by atoms with E-state index in [0.717, 1.165) is 0 Å². The average molecular weight is 517 g/mol. The lowest BCUT2D eigenvalue weighted by atomic mass is 10.0. The van der Waals surface area contributed by atoms with Gasteiger partial charge < -0.3 is 24.5 Å².